The maximum absolute atomic E-state index is 5.91. The van der Waals surface area contributed by atoms with E-state index in [0.29, 0.717) is 6.04 Å². The molecule has 2 atom stereocenters. The van der Waals surface area contributed by atoms with Crippen LogP contribution in [0.15, 0.2) is 0 Å². The molecule has 0 unspecified atom stereocenters. The van der Waals surface area contributed by atoms with Crippen LogP contribution in [0.25, 0.3) is 0 Å². The average molecular weight is 168 g/mol. The van der Waals surface area contributed by atoms with E-state index in [-0.39, 0.29) is 0 Å². The summed E-state index contributed by atoms with van der Waals surface area (Å²) in [5.74, 6) is 0. The molecule has 1 aliphatic heterocycles. The van der Waals surface area contributed by atoms with Gasteiger partial charge in [0.1, 0.15) is 0 Å². The molecule has 2 heteroatoms. The lowest BCUT2D eigenvalue weighted by Gasteiger charge is -2.32. The van der Waals surface area contributed by atoms with Crippen molar-refractivity contribution in [2.45, 2.75) is 50.6 Å². The van der Waals surface area contributed by atoms with Crippen LogP contribution < -0.4 is 5.73 Å². The largest absolute Gasteiger partial charge is 0.328 e. The molecule has 0 bridgehead atoms. The number of hydrogen-bond donors (Lipinski definition) is 1. The lowest BCUT2D eigenvalue weighted by atomic mass is 10.1. The minimum Gasteiger partial charge on any atom is -0.328 e. The Hall–Kier alpha value is -0.0800. The SMILES string of the molecule is N[C@H]1CC[C@@H](N2CCCCC2)C1. The van der Waals surface area contributed by atoms with Gasteiger partial charge in [0.05, 0.1) is 0 Å². The molecule has 12 heavy (non-hydrogen) atoms. The summed E-state index contributed by atoms with van der Waals surface area (Å²) in [7, 11) is 0. The molecule has 1 heterocycles. The van der Waals surface area contributed by atoms with E-state index in [1.807, 2.05) is 0 Å². The number of nitrogens with zero attached hydrogens (tertiary/aromatic N) is 1. The van der Waals surface area contributed by atoms with Crippen LogP contribution in [-0.4, -0.2) is 30.1 Å². The summed E-state index contributed by atoms with van der Waals surface area (Å²) in [5.41, 5.74) is 5.91. The van der Waals surface area contributed by atoms with Crippen LogP contribution in [0.3, 0.4) is 0 Å². The molecule has 2 fully saturated rings. The molecule has 2 aliphatic rings. The number of hydrogen-bond acceptors (Lipinski definition) is 2. The third-order valence-corrected chi connectivity index (χ3v) is 3.35. The maximum atomic E-state index is 5.91. The van der Waals surface area contributed by atoms with Crippen molar-refractivity contribution in [3.05, 3.63) is 0 Å². The van der Waals surface area contributed by atoms with Crippen molar-refractivity contribution in [3.8, 4) is 0 Å². The predicted octanol–water partition coefficient (Wildman–Crippen LogP) is 1.35. The monoisotopic (exact) mass is 168 g/mol. The molecule has 2 nitrogen and oxygen atoms in total. The van der Waals surface area contributed by atoms with E-state index < -0.39 is 0 Å². The van der Waals surface area contributed by atoms with E-state index in [1.165, 1.54) is 51.6 Å². The number of rotatable bonds is 1. The zero-order valence-electron chi connectivity index (χ0n) is 7.84. The minimum atomic E-state index is 0.497. The fourth-order valence-electron chi connectivity index (χ4n) is 2.61. The maximum Gasteiger partial charge on any atom is 0.0111 e. The van der Waals surface area contributed by atoms with Gasteiger partial charge in [-0.1, -0.05) is 6.42 Å². The molecular weight excluding hydrogens is 148 g/mol. The Morgan fingerprint density at radius 3 is 2.33 bits per heavy atom. The predicted molar refractivity (Wildman–Crippen MR) is 51.0 cm³/mol. The minimum absolute atomic E-state index is 0.497. The quantitative estimate of drug-likeness (QED) is 0.640. The molecule has 2 rings (SSSR count). The van der Waals surface area contributed by atoms with Crippen molar-refractivity contribution in [1.82, 2.24) is 4.90 Å². The number of likely N-dealkylation sites (tertiary alicyclic amines) is 1. The molecule has 0 spiro atoms. The Labute approximate surface area is 75.1 Å². The van der Waals surface area contributed by atoms with Crippen molar-refractivity contribution in [3.63, 3.8) is 0 Å². The van der Waals surface area contributed by atoms with Crippen LogP contribution in [0.1, 0.15) is 38.5 Å². The lowest BCUT2D eigenvalue weighted by molar-refractivity contribution is 0.164. The smallest absolute Gasteiger partial charge is 0.0111 e. The van der Waals surface area contributed by atoms with E-state index in [9.17, 15) is 0 Å². The van der Waals surface area contributed by atoms with Gasteiger partial charge in [0.25, 0.3) is 0 Å². The third-order valence-electron chi connectivity index (χ3n) is 3.35. The second-order valence-electron chi connectivity index (χ2n) is 4.32. The van der Waals surface area contributed by atoms with Gasteiger partial charge < -0.3 is 10.6 Å². The van der Waals surface area contributed by atoms with Crippen molar-refractivity contribution >= 4 is 0 Å². The first kappa shape index (κ1) is 8.52. The van der Waals surface area contributed by atoms with E-state index >= 15 is 0 Å². The lowest BCUT2D eigenvalue weighted by Crippen LogP contribution is -2.38. The van der Waals surface area contributed by atoms with Gasteiger partial charge in [0.15, 0.2) is 0 Å². The second-order valence-corrected chi connectivity index (χ2v) is 4.32. The molecule has 0 aromatic heterocycles. The first-order valence-electron chi connectivity index (χ1n) is 5.36. The second kappa shape index (κ2) is 3.75. The van der Waals surface area contributed by atoms with E-state index in [0.717, 1.165) is 6.04 Å². The van der Waals surface area contributed by atoms with Gasteiger partial charge in [-0.25, -0.2) is 0 Å². The Kier molecular flexibility index (Phi) is 2.66. The standard InChI is InChI=1S/C10H20N2/c11-9-4-5-10(8-9)12-6-2-1-3-7-12/h9-10H,1-8,11H2/t9-,10+/m0/s1. The van der Waals surface area contributed by atoms with E-state index in [4.69, 9.17) is 5.73 Å². The van der Waals surface area contributed by atoms with Gasteiger partial charge in [-0.15, -0.1) is 0 Å². The molecule has 0 amide bonds. The summed E-state index contributed by atoms with van der Waals surface area (Å²) in [4.78, 5) is 2.66. The first-order valence-corrected chi connectivity index (χ1v) is 5.36. The van der Waals surface area contributed by atoms with Crippen molar-refractivity contribution in [2.75, 3.05) is 13.1 Å². The molecular formula is C10H20N2. The van der Waals surface area contributed by atoms with Gasteiger partial charge in [0.2, 0.25) is 0 Å². The van der Waals surface area contributed by atoms with Gasteiger partial charge in [0, 0.05) is 12.1 Å². The topological polar surface area (TPSA) is 29.3 Å². The Morgan fingerprint density at radius 1 is 1.00 bits per heavy atom. The molecule has 1 aliphatic carbocycles. The van der Waals surface area contributed by atoms with Crippen LogP contribution in [0.4, 0.5) is 0 Å². The van der Waals surface area contributed by atoms with E-state index in [2.05, 4.69) is 4.90 Å². The summed E-state index contributed by atoms with van der Waals surface area (Å²) < 4.78 is 0. The van der Waals surface area contributed by atoms with Crippen LogP contribution in [-0.2, 0) is 0 Å². The number of piperidine rings is 1. The first-order chi connectivity index (χ1) is 5.86. The molecule has 70 valence electrons. The van der Waals surface area contributed by atoms with Crippen molar-refractivity contribution in [2.24, 2.45) is 5.73 Å². The van der Waals surface area contributed by atoms with Gasteiger partial charge >= 0.3 is 0 Å². The normalized spacial score (nSPS) is 38.8. The zero-order valence-corrected chi connectivity index (χ0v) is 7.84. The summed E-state index contributed by atoms with van der Waals surface area (Å²) in [6, 6.07) is 1.33. The van der Waals surface area contributed by atoms with Crippen LogP contribution >= 0.6 is 0 Å². The highest BCUT2D eigenvalue weighted by atomic mass is 15.2. The highest BCUT2D eigenvalue weighted by Gasteiger charge is 2.27. The third kappa shape index (κ3) is 1.80. The molecule has 0 aromatic rings. The number of nitrogens with two attached hydrogens (primary N) is 1. The molecule has 0 radical (unpaired) electrons. The fraction of sp³-hybridized carbons (Fsp3) is 1.00. The molecule has 0 aromatic carbocycles. The van der Waals surface area contributed by atoms with Gasteiger partial charge in [-0.3, -0.25) is 0 Å². The van der Waals surface area contributed by atoms with Crippen molar-refractivity contribution < 1.29 is 0 Å². The summed E-state index contributed by atoms with van der Waals surface area (Å²) in [5, 5.41) is 0. The van der Waals surface area contributed by atoms with Gasteiger partial charge in [-0.2, -0.15) is 0 Å². The molecule has 1 saturated heterocycles. The Morgan fingerprint density at radius 2 is 1.75 bits per heavy atom. The summed E-state index contributed by atoms with van der Waals surface area (Å²) in [6.07, 6.45) is 8.11. The Balaban J connectivity index is 1.83. The van der Waals surface area contributed by atoms with E-state index in [1.54, 1.807) is 0 Å². The molecule has 2 N–H and O–H groups in total. The summed E-state index contributed by atoms with van der Waals surface area (Å²) >= 11 is 0. The van der Waals surface area contributed by atoms with Crippen LogP contribution in [0.5, 0.6) is 0 Å². The summed E-state index contributed by atoms with van der Waals surface area (Å²) in [6.45, 7) is 2.66. The van der Waals surface area contributed by atoms with Crippen molar-refractivity contribution in [1.29, 1.82) is 0 Å². The average Bonchev–Trinajstić information content (AvgIpc) is 2.54. The van der Waals surface area contributed by atoms with Crippen LogP contribution in [0.2, 0.25) is 0 Å². The highest BCUT2D eigenvalue weighted by Crippen LogP contribution is 2.25. The van der Waals surface area contributed by atoms with Gasteiger partial charge in [-0.05, 0) is 45.2 Å². The fourth-order valence-corrected chi connectivity index (χ4v) is 2.61. The molecule has 1 saturated carbocycles. The Bertz CT molecular complexity index is 138. The van der Waals surface area contributed by atoms with Crippen LogP contribution in [0, 0.1) is 0 Å². The zero-order chi connectivity index (χ0) is 8.39. The highest BCUT2D eigenvalue weighted by molar-refractivity contribution is 4.85.